The molecule has 4 N–H and O–H groups in total. The van der Waals surface area contributed by atoms with Crippen LogP contribution in [0, 0.1) is 10.1 Å². The van der Waals surface area contributed by atoms with Gasteiger partial charge in [-0.2, -0.15) is 4.98 Å². The van der Waals surface area contributed by atoms with Gasteiger partial charge in [0.25, 0.3) is 5.69 Å². The van der Waals surface area contributed by atoms with Crippen LogP contribution in [0.3, 0.4) is 0 Å². The SMILES string of the molecule is Nc1nc(SCC(=O)Nc2cc(Cl)ccc2[N+](=O)[O-])n[nH]1. The van der Waals surface area contributed by atoms with Crippen LogP contribution < -0.4 is 11.1 Å². The lowest BCUT2D eigenvalue weighted by molar-refractivity contribution is -0.383. The zero-order chi connectivity index (χ0) is 15.4. The number of carbonyl (C=O) groups is 1. The number of carbonyl (C=O) groups excluding carboxylic acids is 1. The average Bonchev–Trinajstić information content (AvgIpc) is 2.82. The van der Waals surface area contributed by atoms with E-state index in [1.165, 1.54) is 18.2 Å². The summed E-state index contributed by atoms with van der Waals surface area (Å²) in [5.41, 5.74) is 5.14. The summed E-state index contributed by atoms with van der Waals surface area (Å²) in [4.78, 5) is 25.9. The third kappa shape index (κ3) is 4.07. The van der Waals surface area contributed by atoms with Crippen LogP contribution in [-0.4, -0.2) is 31.8 Å². The van der Waals surface area contributed by atoms with Gasteiger partial charge in [-0.3, -0.25) is 14.9 Å². The number of nitrogen functional groups attached to an aromatic ring is 1. The molecule has 1 heterocycles. The van der Waals surface area contributed by atoms with Crippen molar-refractivity contribution < 1.29 is 9.72 Å². The molecule has 0 spiro atoms. The summed E-state index contributed by atoms with van der Waals surface area (Å²) < 4.78 is 0. The predicted octanol–water partition coefficient (Wildman–Crippen LogP) is 1.68. The number of nitrogens with two attached hydrogens (primary N) is 1. The molecule has 0 aliphatic carbocycles. The van der Waals surface area contributed by atoms with Crippen LogP contribution in [0.5, 0.6) is 0 Å². The van der Waals surface area contributed by atoms with E-state index in [9.17, 15) is 14.9 Å². The Kier molecular flexibility index (Phi) is 4.60. The Balaban J connectivity index is 2.02. The number of nitro benzene ring substituents is 1. The monoisotopic (exact) mass is 328 g/mol. The van der Waals surface area contributed by atoms with Crippen molar-refractivity contribution in [2.24, 2.45) is 0 Å². The van der Waals surface area contributed by atoms with Crippen molar-refractivity contribution >= 4 is 46.6 Å². The van der Waals surface area contributed by atoms with Crippen molar-refractivity contribution in [1.82, 2.24) is 15.2 Å². The molecule has 9 nitrogen and oxygen atoms in total. The van der Waals surface area contributed by atoms with Crippen LogP contribution in [0.1, 0.15) is 0 Å². The maximum Gasteiger partial charge on any atom is 0.292 e. The van der Waals surface area contributed by atoms with E-state index in [-0.39, 0.29) is 28.1 Å². The Hall–Kier alpha value is -2.33. The Labute approximate surface area is 127 Å². The van der Waals surface area contributed by atoms with Gasteiger partial charge in [-0.1, -0.05) is 23.4 Å². The number of nitrogens with zero attached hydrogens (tertiary/aromatic N) is 3. The van der Waals surface area contributed by atoms with E-state index in [4.69, 9.17) is 17.3 Å². The highest BCUT2D eigenvalue weighted by Gasteiger charge is 2.16. The zero-order valence-electron chi connectivity index (χ0n) is 10.4. The first-order chi connectivity index (χ1) is 9.95. The third-order valence-corrected chi connectivity index (χ3v) is 3.33. The fraction of sp³-hybridized carbons (Fsp3) is 0.100. The molecule has 0 saturated heterocycles. The average molecular weight is 329 g/mol. The Morgan fingerprint density at radius 1 is 1.57 bits per heavy atom. The summed E-state index contributed by atoms with van der Waals surface area (Å²) >= 11 is 6.80. The first kappa shape index (κ1) is 15.1. The molecule has 0 bridgehead atoms. The number of aromatic nitrogens is 3. The first-order valence-corrected chi connectivity index (χ1v) is 6.86. The lowest BCUT2D eigenvalue weighted by atomic mass is 10.2. The first-order valence-electron chi connectivity index (χ1n) is 5.50. The smallest absolute Gasteiger partial charge is 0.292 e. The van der Waals surface area contributed by atoms with Gasteiger partial charge < -0.3 is 11.1 Å². The topological polar surface area (TPSA) is 140 Å². The summed E-state index contributed by atoms with van der Waals surface area (Å²) in [7, 11) is 0. The van der Waals surface area contributed by atoms with Gasteiger partial charge in [0.05, 0.1) is 10.7 Å². The highest BCUT2D eigenvalue weighted by Crippen LogP contribution is 2.27. The van der Waals surface area contributed by atoms with Crippen LogP contribution in [-0.2, 0) is 4.79 Å². The number of thioether (sulfide) groups is 1. The molecule has 0 aliphatic rings. The number of benzene rings is 1. The normalized spacial score (nSPS) is 10.3. The highest BCUT2D eigenvalue weighted by atomic mass is 35.5. The van der Waals surface area contributed by atoms with Crippen LogP contribution in [0.2, 0.25) is 5.02 Å². The number of H-pyrrole nitrogens is 1. The number of nitro groups is 1. The van der Waals surface area contributed by atoms with E-state index in [1.807, 2.05) is 0 Å². The lowest BCUT2D eigenvalue weighted by Crippen LogP contribution is -2.15. The Morgan fingerprint density at radius 3 is 2.95 bits per heavy atom. The van der Waals surface area contributed by atoms with Gasteiger partial charge in [-0.25, -0.2) is 5.10 Å². The number of halogens is 1. The fourth-order valence-electron chi connectivity index (χ4n) is 1.41. The van der Waals surface area contributed by atoms with E-state index in [1.54, 1.807) is 0 Å². The molecule has 0 unspecified atom stereocenters. The number of nitrogens with one attached hydrogen (secondary N) is 2. The molecular formula is C10H9ClN6O3S. The Bertz CT molecular complexity index is 691. The summed E-state index contributed by atoms with van der Waals surface area (Å²) in [5.74, 6) is -0.335. The largest absolute Gasteiger partial charge is 0.368 e. The van der Waals surface area contributed by atoms with Crippen molar-refractivity contribution in [3.8, 4) is 0 Å². The van der Waals surface area contributed by atoms with Gasteiger partial charge in [0.1, 0.15) is 5.69 Å². The maximum absolute atomic E-state index is 11.8. The summed E-state index contributed by atoms with van der Waals surface area (Å²) in [6.07, 6.45) is 0. The summed E-state index contributed by atoms with van der Waals surface area (Å²) in [6.45, 7) is 0. The van der Waals surface area contributed by atoms with Gasteiger partial charge in [-0.15, -0.1) is 5.10 Å². The molecule has 2 aromatic rings. The van der Waals surface area contributed by atoms with Crippen molar-refractivity contribution in [3.05, 3.63) is 33.3 Å². The number of rotatable bonds is 5. The number of anilines is 2. The highest BCUT2D eigenvalue weighted by molar-refractivity contribution is 7.99. The Morgan fingerprint density at radius 2 is 2.33 bits per heavy atom. The fourth-order valence-corrected chi connectivity index (χ4v) is 2.18. The minimum atomic E-state index is -0.602. The van der Waals surface area contributed by atoms with Gasteiger partial charge in [-0.05, 0) is 12.1 Å². The van der Waals surface area contributed by atoms with Gasteiger partial charge in [0, 0.05) is 11.1 Å². The van der Waals surface area contributed by atoms with Crippen molar-refractivity contribution in [1.29, 1.82) is 0 Å². The standard InChI is InChI=1S/C10H9ClN6O3S/c11-5-1-2-7(17(19)20)6(3-5)13-8(18)4-21-10-14-9(12)15-16-10/h1-3H,4H2,(H,13,18)(H3,12,14,15,16). The molecule has 0 fully saturated rings. The second kappa shape index (κ2) is 6.41. The molecule has 1 amide bonds. The third-order valence-electron chi connectivity index (χ3n) is 2.24. The summed E-state index contributed by atoms with van der Waals surface area (Å²) in [5, 5.41) is 20.1. The van der Waals surface area contributed by atoms with E-state index in [0.29, 0.717) is 5.16 Å². The number of hydrogen-bond donors (Lipinski definition) is 3. The minimum Gasteiger partial charge on any atom is -0.368 e. The van der Waals surface area contributed by atoms with E-state index >= 15 is 0 Å². The minimum absolute atomic E-state index is 0.0268. The molecule has 2 rings (SSSR count). The van der Waals surface area contributed by atoms with Crippen LogP contribution >= 0.6 is 23.4 Å². The zero-order valence-corrected chi connectivity index (χ0v) is 11.9. The maximum atomic E-state index is 11.8. The molecule has 0 aliphatic heterocycles. The second-order valence-corrected chi connectivity index (χ2v) is 5.14. The number of aromatic amines is 1. The van der Waals surface area contributed by atoms with Gasteiger partial charge >= 0.3 is 0 Å². The van der Waals surface area contributed by atoms with Crippen LogP contribution in [0.15, 0.2) is 23.4 Å². The predicted molar refractivity (Wildman–Crippen MR) is 78.3 cm³/mol. The van der Waals surface area contributed by atoms with Crippen LogP contribution in [0.4, 0.5) is 17.3 Å². The van der Waals surface area contributed by atoms with E-state index in [2.05, 4.69) is 20.5 Å². The number of amides is 1. The van der Waals surface area contributed by atoms with Crippen molar-refractivity contribution in [2.75, 3.05) is 16.8 Å². The quantitative estimate of drug-likeness (QED) is 0.431. The lowest BCUT2D eigenvalue weighted by Gasteiger charge is -2.05. The van der Waals surface area contributed by atoms with Crippen molar-refractivity contribution in [3.63, 3.8) is 0 Å². The summed E-state index contributed by atoms with van der Waals surface area (Å²) in [6, 6.07) is 3.91. The second-order valence-electron chi connectivity index (χ2n) is 3.76. The molecule has 110 valence electrons. The van der Waals surface area contributed by atoms with Gasteiger partial charge in [0.2, 0.25) is 17.0 Å². The molecule has 11 heteroatoms. The molecule has 1 aromatic carbocycles. The molecule has 0 atom stereocenters. The van der Waals surface area contributed by atoms with E-state index < -0.39 is 10.8 Å². The molecule has 0 saturated carbocycles. The van der Waals surface area contributed by atoms with Crippen molar-refractivity contribution in [2.45, 2.75) is 5.16 Å². The molecular weight excluding hydrogens is 320 g/mol. The van der Waals surface area contributed by atoms with E-state index in [0.717, 1.165) is 11.8 Å². The van der Waals surface area contributed by atoms with Crippen LogP contribution in [0.25, 0.3) is 0 Å². The molecule has 1 aromatic heterocycles. The molecule has 0 radical (unpaired) electrons. The van der Waals surface area contributed by atoms with Gasteiger partial charge in [0.15, 0.2) is 0 Å². The number of hydrogen-bond acceptors (Lipinski definition) is 7. The molecule has 21 heavy (non-hydrogen) atoms.